The summed E-state index contributed by atoms with van der Waals surface area (Å²) in [5, 5.41) is 1.56. The van der Waals surface area contributed by atoms with Gasteiger partial charge in [-0.25, -0.2) is 0 Å². The predicted molar refractivity (Wildman–Crippen MR) is 57.5 cm³/mol. The Kier molecular flexibility index (Phi) is 1.76. The Hall–Kier alpha value is -1.48. The van der Waals surface area contributed by atoms with Crippen molar-refractivity contribution in [2.75, 3.05) is 0 Å². The summed E-state index contributed by atoms with van der Waals surface area (Å²) < 4.78 is 10.9. The van der Waals surface area contributed by atoms with Crippen molar-refractivity contribution in [3.05, 3.63) is 29.4 Å². The molecule has 1 aliphatic rings. The summed E-state index contributed by atoms with van der Waals surface area (Å²) in [5.74, 6) is 1.45. The molecule has 1 atom stereocenters. The highest BCUT2D eigenvalue weighted by atomic mass is 35.5. The van der Waals surface area contributed by atoms with Gasteiger partial charge in [-0.1, -0.05) is 11.6 Å². The molecule has 0 saturated heterocycles. The summed E-state index contributed by atoms with van der Waals surface area (Å²) in [5.41, 5.74) is 0.818. The fourth-order valence-corrected chi connectivity index (χ4v) is 1.89. The number of ether oxygens (including phenoxy) is 2. The number of rotatable bonds is 0. The smallest absolute Gasteiger partial charge is 0.238 e. The van der Waals surface area contributed by atoms with Crippen LogP contribution < -0.4 is 9.47 Å². The number of pyridine rings is 1. The highest BCUT2D eigenvalue weighted by molar-refractivity contribution is 6.35. The molecule has 1 aromatic heterocycles. The third-order valence-corrected chi connectivity index (χ3v) is 2.67. The molecule has 0 aliphatic carbocycles. The summed E-state index contributed by atoms with van der Waals surface area (Å²) in [4.78, 5) is 4.22. The molecule has 0 N–H and O–H groups in total. The Balaban J connectivity index is 2.30. The van der Waals surface area contributed by atoms with Crippen LogP contribution in [0.15, 0.2) is 24.4 Å². The number of halogens is 1. The van der Waals surface area contributed by atoms with Gasteiger partial charge in [-0.2, -0.15) is 0 Å². The molecule has 3 nitrogen and oxygen atoms in total. The maximum Gasteiger partial charge on any atom is 0.238 e. The van der Waals surface area contributed by atoms with Gasteiger partial charge in [0.1, 0.15) is 0 Å². The Bertz CT molecular complexity index is 541. The minimum Gasteiger partial charge on any atom is -0.451 e. The van der Waals surface area contributed by atoms with Gasteiger partial charge in [-0.3, -0.25) is 4.98 Å². The first-order valence-corrected chi connectivity index (χ1v) is 5.03. The van der Waals surface area contributed by atoms with Crippen molar-refractivity contribution < 1.29 is 9.47 Å². The SMILES string of the molecule is CC1Oc2cc3nccc(Cl)c3cc2O1. The molecule has 0 spiro atoms. The summed E-state index contributed by atoms with van der Waals surface area (Å²) >= 11 is 6.06. The van der Waals surface area contributed by atoms with Crippen molar-refractivity contribution in [2.45, 2.75) is 13.2 Å². The summed E-state index contributed by atoms with van der Waals surface area (Å²) in [6.45, 7) is 1.85. The van der Waals surface area contributed by atoms with Crippen LogP contribution in [0.1, 0.15) is 6.92 Å². The number of benzene rings is 1. The zero-order valence-electron chi connectivity index (χ0n) is 8.03. The first-order valence-electron chi connectivity index (χ1n) is 4.65. The number of aromatic nitrogens is 1. The van der Waals surface area contributed by atoms with E-state index in [1.807, 2.05) is 19.1 Å². The predicted octanol–water partition coefficient (Wildman–Crippen LogP) is 3.01. The van der Waals surface area contributed by atoms with Gasteiger partial charge in [0.15, 0.2) is 11.5 Å². The first-order chi connectivity index (χ1) is 7.24. The van der Waals surface area contributed by atoms with Gasteiger partial charge in [0.25, 0.3) is 0 Å². The largest absolute Gasteiger partial charge is 0.451 e. The molecule has 1 aliphatic heterocycles. The molecule has 0 bridgehead atoms. The van der Waals surface area contributed by atoms with Gasteiger partial charge in [0, 0.05) is 24.6 Å². The Labute approximate surface area is 91.6 Å². The number of nitrogens with zero attached hydrogens (tertiary/aromatic N) is 1. The Morgan fingerprint density at radius 3 is 2.80 bits per heavy atom. The van der Waals surface area contributed by atoms with Gasteiger partial charge in [0.05, 0.1) is 10.5 Å². The molecule has 0 radical (unpaired) electrons. The summed E-state index contributed by atoms with van der Waals surface area (Å²) in [6.07, 6.45) is 1.44. The van der Waals surface area contributed by atoms with Crippen molar-refractivity contribution in [1.29, 1.82) is 0 Å². The molecule has 2 aromatic rings. The summed E-state index contributed by atoms with van der Waals surface area (Å²) in [7, 11) is 0. The van der Waals surface area contributed by atoms with E-state index in [2.05, 4.69) is 4.98 Å². The third-order valence-electron chi connectivity index (χ3n) is 2.34. The molecule has 4 heteroatoms. The topological polar surface area (TPSA) is 31.4 Å². The molecular formula is C11H8ClNO2. The van der Waals surface area contributed by atoms with Crippen LogP contribution >= 0.6 is 11.6 Å². The maximum atomic E-state index is 6.06. The van der Waals surface area contributed by atoms with E-state index in [-0.39, 0.29) is 6.29 Å². The zero-order valence-corrected chi connectivity index (χ0v) is 8.78. The number of fused-ring (bicyclic) bond motifs is 2. The van der Waals surface area contributed by atoms with Crippen molar-refractivity contribution in [3.63, 3.8) is 0 Å². The average Bonchev–Trinajstić information content (AvgIpc) is 2.55. The lowest BCUT2D eigenvalue weighted by atomic mass is 10.2. The lowest BCUT2D eigenvalue weighted by Gasteiger charge is -2.01. The lowest BCUT2D eigenvalue weighted by Crippen LogP contribution is -2.11. The molecule has 2 heterocycles. The molecule has 0 saturated carbocycles. The van der Waals surface area contributed by atoms with Crippen molar-refractivity contribution >= 4 is 22.5 Å². The lowest BCUT2D eigenvalue weighted by molar-refractivity contribution is 0.0679. The van der Waals surface area contributed by atoms with Crippen LogP contribution in [-0.4, -0.2) is 11.3 Å². The highest BCUT2D eigenvalue weighted by Crippen LogP contribution is 2.39. The third kappa shape index (κ3) is 1.31. The molecule has 76 valence electrons. The van der Waals surface area contributed by atoms with Crippen molar-refractivity contribution in [2.24, 2.45) is 0 Å². The van der Waals surface area contributed by atoms with E-state index in [1.165, 1.54) is 0 Å². The quantitative estimate of drug-likeness (QED) is 0.685. The van der Waals surface area contributed by atoms with Crippen LogP contribution in [0, 0.1) is 0 Å². The molecule has 3 rings (SSSR count). The second-order valence-electron chi connectivity index (χ2n) is 3.41. The van der Waals surface area contributed by atoms with Gasteiger partial charge >= 0.3 is 0 Å². The maximum absolute atomic E-state index is 6.06. The molecule has 1 unspecified atom stereocenters. The van der Waals surface area contributed by atoms with Gasteiger partial charge in [-0.05, 0) is 12.1 Å². The fraction of sp³-hybridized carbons (Fsp3) is 0.182. The van der Waals surface area contributed by atoms with E-state index >= 15 is 0 Å². The second-order valence-corrected chi connectivity index (χ2v) is 3.82. The van der Waals surface area contributed by atoms with E-state index in [4.69, 9.17) is 21.1 Å². The van der Waals surface area contributed by atoms with Crippen molar-refractivity contribution in [3.8, 4) is 11.5 Å². The van der Waals surface area contributed by atoms with E-state index < -0.39 is 0 Å². The molecular weight excluding hydrogens is 214 g/mol. The van der Waals surface area contributed by atoms with Crippen LogP contribution in [-0.2, 0) is 0 Å². The van der Waals surface area contributed by atoms with E-state index in [0.29, 0.717) is 5.02 Å². The van der Waals surface area contributed by atoms with E-state index in [0.717, 1.165) is 22.4 Å². The number of hydrogen-bond acceptors (Lipinski definition) is 3. The van der Waals surface area contributed by atoms with E-state index in [9.17, 15) is 0 Å². The van der Waals surface area contributed by atoms with Crippen LogP contribution in [0.4, 0.5) is 0 Å². The first kappa shape index (κ1) is 8.80. The van der Waals surface area contributed by atoms with Crippen LogP contribution in [0.5, 0.6) is 11.5 Å². The minimum absolute atomic E-state index is 0.240. The van der Waals surface area contributed by atoms with E-state index in [1.54, 1.807) is 12.3 Å². The second kappa shape index (κ2) is 3.00. The van der Waals surface area contributed by atoms with Gasteiger partial charge in [-0.15, -0.1) is 0 Å². The average molecular weight is 222 g/mol. The Morgan fingerprint density at radius 1 is 1.27 bits per heavy atom. The minimum atomic E-state index is -0.240. The van der Waals surface area contributed by atoms with Crippen molar-refractivity contribution in [1.82, 2.24) is 4.98 Å². The zero-order chi connectivity index (χ0) is 10.4. The highest BCUT2D eigenvalue weighted by Gasteiger charge is 2.21. The number of hydrogen-bond donors (Lipinski definition) is 0. The molecule has 0 amide bonds. The van der Waals surface area contributed by atoms with Gasteiger partial charge in [0.2, 0.25) is 6.29 Å². The van der Waals surface area contributed by atoms with Crippen LogP contribution in [0.2, 0.25) is 5.02 Å². The standard InChI is InChI=1S/C11H8ClNO2/c1-6-14-10-4-7-8(12)2-3-13-9(7)5-11(10)15-6/h2-6H,1H3. The summed E-state index contributed by atoms with van der Waals surface area (Å²) in [6, 6.07) is 5.47. The molecule has 15 heavy (non-hydrogen) atoms. The fourth-order valence-electron chi connectivity index (χ4n) is 1.69. The van der Waals surface area contributed by atoms with Crippen LogP contribution in [0.25, 0.3) is 10.9 Å². The monoisotopic (exact) mass is 221 g/mol. The Morgan fingerprint density at radius 2 is 2.00 bits per heavy atom. The molecule has 1 aromatic carbocycles. The van der Waals surface area contributed by atoms with Gasteiger partial charge < -0.3 is 9.47 Å². The molecule has 0 fully saturated rings. The van der Waals surface area contributed by atoms with Crippen LogP contribution in [0.3, 0.4) is 0 Å². The normalized spacial score (nSPS) is 18.4.